The van der Waals surface area contributed by atoms with E-state index in [1.165, 1.54) is 0 Å². The van der Waals surface area contributed by atoms with Crippen LogP contribution in [0.5, 0.6) is 0 Å². The van der Waals surface area contributed by atoms with E-state index < -0.39 is 0 Å². The second kappa shape index (κ2) is 11.9. The van der Waals surface area contributed by atoms with Crippen molar-refractivity contribution in [3.05, 3.63) is 34.3 Å². The highest BCUT2D eigenvalue weighted by atomic mass is 79.9. The SMILES string of the molecule is CN(Cc1ccccc1Br)C(=O)CCNC(N)=NCCCN1CCOCC1. The van der Waals surface area contributed by atoms with Gasteiger partial charge in [-0.15, -0.1) is 0 Å². The largest absolute Gasteiger partial charge is 0.379 e. The van der Waals surface area contributed by atoms with E-state index in [2.05, 4.69) is 31.1 Å². The predicted octanol–water partition coefficient (Wildman–Crippen LogP) is 1.42. The molecule has 1 aliphatic rings. The van der Waals surface area contributed by atoms with Crippen molar-refractivity contribution in [2.45, 2.75) is 19.4 Å². The number of halogens is 1. The molecule has 0 atom stereocenters. The number of benzene rings is 1. The zero-order valence-corrected chi connectivity index (χ0v) is 17.6. The summed E-state index contributed by atoms with van der Waals surface area (Å²) in [5, 5.41) is 3.02. The number of carbonyl (C=O) groups excluding carboxylic acids is 1. The number of nitrogens with one attached hydrogen (secondary N) is 1. The summed E-state index contributed by atoms with van der Waals surface area (Å²) < 4.78 is 6.34. The molecule has 1 aliphatic heterocycles. The van der Waals surface area contributed by atoms with E-state index in [-0.39, 0.29) is 5.91 Å². The van der Waals surface area contributed by atoms with Crippen LogP contribution in [0.2, 0.25) is 0 Å². The molecule has 1 aromatic rings. The summed E-state index contributed by atoms with van der Waals surface area (Å²) in [5.74, 6) is 0.469. The van der Waals surface area contributed by atoms with Gasteiger partial charge < -0.3 is 20.7 Å². The van der Waals surface area contributed by atoms with Crippen molar-refractivity contribution in [1.29, 1.82) is 0 Å². The highest BCUT2D eigenvalue weighted by Crippen LogP contribution is 2.17. The standard InChI is InChI=1S/C19H30BrN5O2/c1-24(15-16-5-2-3-6-17(16)20)18(26)7-9-23-19(21)22-8-4-10-25-11-13-27-14-12-25/h2-3,5-6H,4,7-15H2,1H3,(H3,21,22,23). The fraction of sp³-hybridized carbons (Fsp3) is 0.579. The van der Waals surface area contributed by atoms with E-state index >= 15 is 0 Å². The first-order chi connectivity index (χ1) is 13.1. The average Bonchev–Trinajstić information content (AvgIpc) is 2.67. The average molecular weight is 440 g/mol. The summed E-state index contributed by atoms with van der Waals surface area (Å²) in [6.07, 6.45) is 1.35. The molecule has 27 heavy (non-hydrogen) atoms. The van der Waals surface area contributed by atoms with Crippen LogP contribution in [0.3, 0.4) is 0 Å². The van der Waals surface area contributed by atoms with E-state index in [4.69, 9.17) is 10.5 Å². The van der Waals surface area contributed by atoms with Gasteiger partial charge in [-0.05, 0) is 18.1 Å². The van der Waals surface area contributed by atoms with Crippen LogP contribution < -0.4 is 11.1 Å². The molecule has 1 aromatic carbocycles. The summed E-state index contributed by atoms with van der Waals surface area (Å²) >= 11 is 3.51. The number of hydrogen-bond donors (Lipinski definition) is 2. The molecule has 0 aliphatic carbocycles. The molecule has 1 heterocycles. The lowest BCUT2D eigenvalue weighted by Crippen LogP contribution is -2.37. The van der Waals surface area contributed by atoms with Crippen LogP contribution >= 0.6 is 15.9 Å². The van der Waals surface area contributed by atoms with Crippen LogP contribution in [-0.4, -0.2) is 74.7 Å². The van der Waals surface area contributed by atoms with Gasteiger partial charge in [0.05, 0.1) is 13.2 Å². The number of nitrogens with two attached hydrogens (primary N) is 1. The Labute approximate surface area is 170 Å². The number of morpholine rings is 1. The van der Waals surface area contributed by atoms with E-state index in [0.29, 0.717) is 32.0 Å². The molecule has 3 N–H and O–H groups in total. The van der Waals surface area contributed by atoms with Gasteiger partial charge in [-0.25, -0.2) is 0 Å². The lowest BCUT2D eigenvalue weighted by Gasteiger charge is -2.26. The van der Waals surface area contributed by atoms with E-state index in [9.17, 15) is 4.79 Å². The number of aliphatic imine (C=N–C) groups is 1. The summed E-state index contributed by atoms with van der Waals surface area (Å²) in [5.41, 5.74) is 6.96. The van der Waals surface area contributed by atoms with Crippen molar-refractivity contribution in [2.24, 2.45) is 10.7 Å². The molecule has 0 aromatic heterocycles. The van der Waals surface area contributed by atoms with Crippen LogP contribution in [0.4, 0.5) is 0 Å². The van der Waals surface area contributed by atoms with Gasteiger partial charge in [0.25, 0.3) is 0 Å². The number of ether oxygens (including phenoxy) is 1. The second-order valence-electron chi connectivity index (χ2n) is 6.59. The summed E-state index contributed by atoms with van der Waals surface area (Å²) in [7, 11) is 1.81. The lowest BCUT2D eigenvalue weighted by molar-refractivity contribution is -0.130. The number of guanidine groups is 1. The highest BCUT2D eigenvalue weighted by molar-refractivity contribution is 9.10. The molecule has 0 unspecified atom stereocenters. The van der Waals surface area contributed by atoms with Crippen molar-refractivity contribution < 1.29 is 9.53 Å². The van der Waals surface area contributed by atoms with Gasteiger partial charge in [0.15, 0.2) is 5.96 Å². The number of rotatable bonds is 9. The van der Waals surface area contributed by atoms with E-state index in [1.807, 2.05) is 31.3 Å². The van der Waals surface area contributed by atoms with Gasteiger partial charge in [0, 0.05) is 57.2 Å². The topological polar surface area (TPSA) is 83.2 Å². The van der Waals surface area contributed by atoms with E-state index in [1.54, 1.807) is 4.90 Å². The minimum atomic E-state index is 0.0679. The number of nitrogens with zero attached hydrogens (tertiary/aromatic N) is 3. The Morgan fingerprint density at radius 2 is 2.11 bits per heavy atom. The highest BCUT2D eigenvalue weighted by Gasteiger charge is 2.11. The minimum Gasteiger partial charge on any atom is -0.379 e. The molecule has 1 saturated heterocycles. The molecule has 0 spiro atoms. The van der Waals surface area contributed by atoms with Gasteiger partial charge in [0.1, 0.15) is 0 Å². The van der Waals surface area contributed by atoms with Gasteiger partial charge in [-0.3, -0.25) is 14.7 Å². The van der Waals surface area contributed by atoms with Crippen molar-refractivity contribution in [1.82, 2.24) is 15.1 Å². The van der Waals surface area contributed by atoms with Crippen molar-refractivity contribution >= 4 is 27.8 Å². The van der Waals surface area contributed by atoms with Crippen LogP contribution in [0.15, 0.2) is 33.7 Å². The molecular weight excluding hydrogens is 410 g/mol. The second-order valence-corrected chi connectivity index (χ2v) is 7.45. The smallest absolute Gasteiger partial charge is 0.224 e. The summed E-state index contributed by atoms with van der Waals surface area (Å²) in [6, 6.07) is 7.91. The first-order valence-electron chi connectivity index (χ1n) is 9.37. The Morgan fingerprint density at radius 1 is 1.37 bits per heavy atom. The fourth-order valence-electron chi connectivity index (χ4n) is 2.83. The normalized spacial score (nSPS) is 15.6. The number of carbonyl (C=O) groups is 1. The third kappa shape index (κ3) is 8.28. The Morgan fingerprint density at radius 3 is 2.85 bits per heavy atom. The molecule has 0 bridgehead atoms. The molecule has 7 nitrogen and oxygen atoms in total. The summed E-state index contributed by atoms with van der Waals surface area (Å²) in [6.45, 7) is 6.38. The van der Waals surface area contributed by atoms with Crippen molar-refractivity contribution in [2.75, 3.05) is 53.0 Å². The van der Waals surface area contributed by atoms with Gasteiger partial charge in [0.2, 0.25) is 5.91 Å². The number of amides is 1. The third-order valence-electron chi connectivity index (χ3n) is 4.45. The molecule has 150 valence electrons. The Balaban J connectivity index is 1.59. The van der Waals surface area contributed by atoms with Crippen LogP contribution in [0.1, 0.15) is 18.4 Å². The van der Waals surface area contributed by atoms with Gasteiger partial charge in [-0.1, -0.05) is 34.1 Å². The molecule has 1 fully saturated rings. The maximum Gasteiger partial charge on any atom is 0.224 e. The minimum absolute atomic E-state index is 0.0679. The third-order valence-corrected chi connectivity index (χ3v) is 5.23. The molecule has 2 rings (SSSR count). The molecule has 0 saturated carbocycles. The molecule has 8 heteroatoms. The number of hydrogen-bond acceptors (Lipinski definition) is 4. The van der Waals surface area contributed by atoms with Crippen molar-refractivity contribution in [3.63, 3.8) is 0 Å². The van der Waals surface area contributed by atoms with Gasteiger partial charge in [-0.2, -0.15) is 0 Å². The first kappa shape index (κ1) is 21.7. The Bertz CT molecular complexity index is 620. The summed E-state index contributed by atoms with van der Waals surface area (Å²) in [4.78, 5) is 20.7. The molecule has 0 radical (unpaired) electrons. The Kier molecular flexibility index (Phi) is 9.58. The Hall–Kier alpha value is -1.64. The molecule has 1 amide bonds. The van der Waals surface area contributed by atoms with Crippen molar-refractivity contribution in [3.8, 4) is 0 Å². The first-order valence-corrected chi connectivity index (χ1v) is 10.2. The van der Waals surface area contributed by atoms with Crippen LogP contribution in [0, 0.1) is 0 Å². The maximum absolute atomic E-state index is 12.2. The zero-order chi connectivity index (χ0) is 19.5. The van der Waals surface area contributed by atoms with Crippen LogP contribution in [-0.2, 0) is 16.1 Å². The quantitative estimate of drug-likeness (QED) is 0.345. The van der Waals surface area contributed by atoms with Crippen LogP contribution in [0.25, 0.3) is 0 Å². The van der Waals surface area contributed by atoms with Gasteiger partial charge >= 0.3 is 0 Å². The predicted molar refractivity (Wildman–Crippen MR) is 112 cm³/mol. The monoisotopic (exact) mass is 439 g/mol. The lowest BCUT2D eigenvalue weighted by atomic mass is 10.2. The maximum atomic E-state index is 12.2. The fourth-order valence-corrected chi connectivity index (χ4v) is 3.24. The van der Waals surface area contributed by atoms with E-state index in [0.717, 1.165) is 49.3 Å². The molecular formula is C19H30BrN5O2. The zero-order valence-electron chi connectivity index (χ0n) is 16.0.